The van der Waals surface area contributed by atoms with Crippen LogP contribution in [0.3, 0.4) is 0 Å². The number of rotatable bonds is 3. The lowest BCUT2D eigenvalue weighted by molar-refractivity contribution is 0.126. The average Bonchev–Trinajstić information content (AvgIpc) is 2.08. The highest BCUT2D eigenvalue weighted by molar-refractivity contribution is 6.18. The quantitative estimate of drug-likeness (QED) is 0.648. The summed E-state index contributed by atoms with van der Waals surface area (Å²) < 4.78 is 0. The third-order valence-electron chi connectivity index (χ3n) is 2.16. The zero-order chi connectivity index (χ0) is 9.84. The minimum atomic E-state index is 0.670. The Hall–Kier alpha value is -0.540. The summed E-state index contributed by atoms with van der Waals surface area (Å²) in [4.78, 5) is 4.31. The van der Waals surface area contributed by atoms with Crippen LogP contribution in [0.2, 0.25) is 0 Å². The first-order chi connectivity index (χ1) is 6.15. The minimum absolute atomic E-state index is 0.670. The molecule has 1 aliphatic heterocycles. The van der Waals surface area contributed by atoms with Crippen LogP contribution in [0.4, 0.5) is 0 Å². The smallest absolute Gasteiger partial charge is 0.106 e. The summed E-state index contributed by atoms with van der Waals surface area (Å²) >= 11 is 5.71. The van der Waals surface area contributed by atoms with Gasteiger partial charge in [-0.2, -0.15) is 0 Å². The standard InChI is InChI=1S/C9H16ClN3/c1-8-9(4-5-10)6-13(7-11-8)12(2)3/h7H,4-6H2,1-3H3. The largest absolute Gasteiger partial charge is 0.292 e. The first kappa shape index (κ1) is 10.5. The normalized spacial score (nSPS) is 17.5. The second-order valence-corrected chi connectivity index (χ2v) is 3.70. The van der Waals surface area contributed by atoms with Crippen molar-refractivity contribution < 1.29 is 0 Å². The maximum atomic E-state index is 5.71. The molecule has 3 nitrogen and oxygen atoms in total. The molecule has 0 N–H and O–H groups in total. The van der Waals surface area contributed by atoms with E-state index in [1.54, 1.807) is 0 Å². The first-order valence-electron chi connectivity index (χ1n) is 4.38. The number of halogens is 1. The SMILES string of the molecule is CC1=C(CCCl)CN(N(C)C)C=N1. The van der Waals surface area contributed by atoms with Crippen molar-refractivity contribution in [2.75, 3.05) is 26.5 Å². The number of nitrogens with zero attached hydrogens (tertiary/aromatic N) is 3. The second kappa shape index (κ2) is 4.63. The van der Waals surface area contributed by atoms with Gasteiger partial charge in [-0.25, -0.2) is 10.0 Å². The van der Waals surface area contributed by atoms with Gasteiger partial charge in [0.1, 0.15) is 6.34 Å². The van der Waals surface area contributed by atoms with Crippen LogP contribution in [0.25, 0.3) is 0 Å². The van der Waals surface area contributed by atoms with Gasteiger partial charge >= 0.3 is 0 Å². The lowest BCUT2D eigenvalue weighted by Crippen LogP contribution is -2.39. The van der Waals surface area contributed by atoms with Gasteiger partial charge in [-0.3, -0.25) is 5.01 Å². The third-order valence-corrected chi connectivity index (χ3v) is 2.35. The fourth-order valence-electron chi connectivity index (χ4n) is 1.21. The van der Waals surface area contributed by atoms with Crippen molar-refractivity contribution >= 4 is 17.9 Å². The van der Waals surface area contributed by atoms with Gasteiger partial charge in [-0.1, -0.05) is 0 Å². The Morgan fingerprint density at radius 2 is 2.31 bits per heavy atom. The van der Waals surface area contributed by atoms with Crippen LogP contribution in [-0.4, -0.2) is 42.9 Å². The van der Waals surface area contributed by atoms with Gasteiger partial charge in [0.2, 0.25) is 0 Å². The van der Waals surface area contributed by atoms with Crippen LogP contribution in [0.1, 0.15) is 13.3 Å². The van der Waals surface area contributed by atoms with Crippen molar-refractivity contribution in [3.63, 3.8) is 0 Å². The van der Waals surface area contributed by atoms with Gasteiger partial charge < -0.3 is 0 Å². The highest BCUT2D eigenvalue weighted by Crippen LogP contribution is 2.16. The van der Waals surface area contributed by atoms with Crippen molar-refractivity contribution in [3.05, 3.63) is 11.3 Å². The van der Waals surface area contributed by atoms with Gasteiger partial charge in [0, 0.05) is 25.7 Å². The first-order valence-corrected chi connectivity index (χ1v) is 4.91. The molecule has 0 aromatic rings. The van der Waals surface area contributed by atoms with Crippen LogP contribution >= 0.6 is 11.6 Å². The highest BCUT2D eigenvalue weighted by atomic mass is 35.5. The van der Waals surface area contributed by atoms with Crippen molar-refractivity contribution in [2.24, 2.45) is 4.99 Å². The molecule has 0 aliphatic carbocycles. The van der Waals surface area contributed by atoms with Crippen LogP contribution in [0.15, 0.2) is 16.3 Å². The molecule has 0 saturated heterocycles. The van der Waals surface area contributed by atoms with E-state index in [2.05, 4.69) is 10.0 Å². The Bertz CT molecular complexity index is 233. The van der Waals surface area contributed by atoms with E-state index in [9.17, 15) is 0 Å². The van der Waals surface area contributed by atoms with E-state index in [0.717, 1.165) is 18.7 Å². The second-order valence-electron chi connectivity index (χ2n) is 3.32. The molecule has 1 aliphatic rings. The zero-order valence-corrected chi connectivity index (χ0v) is 9.17. The van der Waals surface area contributed by atoms with E-state index in [-0.39, 0.29) is 0 Å². The number of hydrazine groups is 1. The number of hydrogen-bond donors (Lipinski definition) is 0. The molecule has 13 heavy (non-hydrogen) atoms. The summed E-state index contributed by atoms with van der Waals surface area (Å²) in [5, 5.41) is 4.08. The molecule has 74 valence electrons. The Morgan fingerprint density at radius 1 is 1.62 bits per heavy atom. The van der Waals surface area contributed by atoms with Crippen LogP contribution in [0, 0.1) is 0 Å². The number of hydrogen-bond acceptors (Lipinski definition) is 3. The van der Waals surface area contributed by atoms with Gasteiger partial charge in [-0.05, 0) is 18.9 Å². The molecule has 0 amide bonds. The van der Waals surface area contributed by atoms with E-state index in [4.69, 9.17) is 11.6 Å². The summed E-state index contributed by atoms with van der Waals surface area (Å²) in [5.41, 5.74) is 2.44. The van der Waals surface area contributed by atoms with Crippen molar-refractivity contribution in [3.8, 4) is 0 Å². The predicted octanol–water partition coefficient (Wildman–Crippen LogP) is 1.71. The van der Waals surface area contributed by atoms with Crippen LogP contribution < -0.4 is 0 Å². The Labute approximate surface area is 84.7 Å². The van der Waals surface area contributed by atoms with E-state index in [1.165, 1.54) is 5.57 Å². The van der Waals surface area contributed by atoms with Gasteiger partial charge in [-0.15, -0.1) is 11.6 Å². The fourth-order valence-corrected chi connectivity index (χ4v) is 1.44. The van der Waals surface area contributed by atoms with Gasteiger partial charge in [0.15, 0.2) is 0 Å². The molecule has 0 atom stereocenters. The molecule has 1 rings (SSSR count). The average molecular weight is 202 g/mol. The molecule has 0 bridgehead atoms. The number of allylic oxidation sites excluding steroid dienone is 1. The lowest BCUT2D eigenvalue weighted by Gasteiger charge is -2.30. The Kier molecular flexibility index (Phi) is 3.75. The molecular weight excluding hydrogens is 186 g/mol. The summed E-state index contributed by atoms with van der Waals surface area (Å²) in [6, 6.07) is 0. The van der Waals surface area contributed by atoms with Crippen LogP contribution in [0.5, 0.6) is 0 Å². The molecule has 0 aromatic heterocycles. The maximum Gasteiger partial charge on any atom is 0.106 e. The molecule has 4 heteroatoms. The molecular formula is C9H16ClN3. The molecule has 0 saturated carbocycles. The molecule has 1 heterocycles. The third kappa shape index (κ3) is 2.71. The van der Waals surface area contributed by atoms with E-state index in [0.29, 0.717) is 5.88 Å². The topological polar surface area (TPSA) is 18.8 Å². The van der Waals surface area contributed by atoms with Gasteiger partial charge in [0.25, 0.3) is 0 Å². The van der Waals surface area contributed by atoms with Gasteiger partial charge in [0.05, 0.1) is 6.54 Å². The Balaban J connectivity index is 2.66. The van der Waals surface area contributed by atoms with Crippen LogP contribution in [-0.2, 0) is 0 Å². The molecule has 0 fully saturated rings. The van der Waals surface area contributed by atoms with Crippen molar-refractivity contribution in [1.29, 1.82) is 0 Å². The summed E-state index contributed by atoms with van der Waals surface area (Å²) in [5.74, 6) is 0.670. The molecule has 0 spiro atoms. The van der Waals surface area contributed by atoms with Crippen molar-refractivity contribution in [2.45, 2.75) is 13.3 Å². The maximum absolute atomic E-state index is 5.71. The van der Waals surface area contributed by atoms with Crippen molar-refractivity contribution in [1.82, 2.24) is 10.0 Å². The monoisotopic (exact) mass is 201 g/mol. The summed E-state index contributed by atoms with van der Waals surface area (Å²) in [6.45, 7) is 2.94. The van der Waals surface area contributed by atoms with E-state index in [1.807, 2.05) is 32.4 Å². The molecule has 0 aromatic carbocycles. The number of alkyl halides is 1. The molecule has 0 radical (unpaired) electrons. The predicted molar refractivity (Wildman–Crippen MR) is 56.9 cm³/mol. The Morgan fingerprint density at radius 3 is 2.85 bits per heavy atom. The lowest BCUT2D eigenvalue weighted by atomic mass is 10.1. The summed E-state index contributed by atoms with van der Waals surface area (Å²) in [6.07, 6.45) is 2.78. The highest BCUT2D eigenvalue weighted by Gasteiger charge is 2.12. The van der Waals surface area contributed by atoms with E-state index < -0.39 is 0 Å². The zero-order valence-electron chi connectivity index (χ0n) is 8.42. The molecule has 0 unspecified atom stereocenters. The number of aliphatic imine (C=N–C) groups is 1. The minimum Gasteiger partial charge on any atom is -0.292 e. The summed E-state index contributed by atoms with van der Waals surface area (Å²) in [7, 11) is 4.01. The van der Waals surface area contributed by atoms with E-state index >= 15 is 0 Å². The fraction of sp³-hybridized carbons (Fsp3) is 0.667.